The molecule has 2 nitrogen and oxygen atoms in total. The van der Waals surface area contributed by atoms with E-state index < -0.39 is 0 Å². The highest BCUT2D eigenvalue weighted by Gasteiger charge is 2.10. The van der Waals surface area contributed by atoms with Crippen molar-refractivity contribution in [3.8, 4) is 0 Å². The van der Waals surface area contributed by atoms with Crippen molar-refractivity contribution in [2.45, 2.75) is 0 Å². The Hall–Kier alpha value is -1.28. The summed E-state index contributed by atoms with van der Waals surface area (Å²) >= 11 is 6.22. The Bertz CT molecular complexity index is 406. The van der Waals surface area contributed by atoms with Crippen LogP contribution in [0.5, 0.6) is 0 Å². The number of halogens is 1. The lowest BCUT2D eigenvalue weighted by molar-refractivity contribution is -0.458. The van der Waals surface area contributed by atoms with Crippen molar-refractivity contribution in [1.29, 1.82) is 0 Å². The molecule has 0 bridgehead atoms. The molecule has 1 aliphatic rings. The van der Waals surface area contributed by atoms with E-state index >= 15 is 0 Å². The second-order valence-corrected chi connectivity index (χ2v) is 4.41. The van der Waals surface area contributed by atoms with Gasteiger partial charge in [0.05, 0.1) is 0 Å². The van der Waals surface area contributed by atoms with Gasteiger partial charge in [-0.3, -0.25) is 0 Å². The summed E-state index contributed by atoms with van der Waals surface area (Å²) in [6, 6.07) is 0. The summed E-state index contributed by atoms with van der Waals surface area (Å²) in [5.41, 5.74) is 2.20. The predicted molar refractivity (Wildman–Crippen MR) is 71.1 cm³/mol. The molecule has 0 aromatic heterocycles. The largest absolute Gasteiger partial charge is 0.368 e. The average Bonchev–Trinajstić information content (AvgIpc) is 2.64. The first-order chi connectivity index (χ1) is 7.52. The summed E-state index contributed by atoms with van der Waals surface area (Å²) in [6.07, 6.45) is 12.2. The maximum Gasteiger partial charge on any atom is 0.162 e. The SMILES string of the molecule is CN(C)/C(Cl)=C1\C=CC=C1/C=C/C=[N+](C)C. The minimum absolute atomic E-state index is 0.759. The molecule has 0 radical (unpaired) electrons. The molecule has 0 spiro atoms. The standard InChI is InChI=1S/C13H18ClN2/c1-15(2)10-6-8-11-7-5-9-12(11)13(14)16(3)4/h5-10H,1-4H3/q+1. The third-order valence-corrected chi connectivity index (χ3v) is 2.67. The zero-order valence-electron chi connectivity index (χ0n) is 10.2. The fourth-order valence-corrected chi connectivity index (χ4v) is 1.50. The van der Waals surface area contributed by atoms with E-state index in [2.05, 4.69) is 12.2 Å². The van der Waals surface area contributed by atoms with Gasteiger partial charge in [0, 0.05) is 25.7 Å². The molecular formula is C13H18ClN2+. The molecular weight excluding hydrogens is 220 g/mol. The Morgan fingerprint density at radius 2 is 2.06 bits per heavy atom. The smallest absolute Gasteiger partial charge is 0.162 e. The van der Waals surface area contributed by atoms with Crippen LogP contribution in [0.2, 0.25) is 0 Å². The molecule has 0 saturated heterocycles. The molecule has 1 rings (SSSR count). The number of nitrogens with zero attached hydrogens (tertiary/aromatic N) is 2. The second-order valence-electron chi connectivity index (χ2n) is 4.05. The van der Waals surface area contributed by atoms with E-state index in [-0.39, 0.29) is 0 Å². The van der Waals surface area contributed by atoms with Gasteiger partial charge in [-0.2, -0.15) is 0 Å². The van der Waals surface area contributed by atoms with Crippen LogP contribution in [0, 0.1) is 0 Å². The zero-order valence-corrected chi connectivity index (χ0v) is 11.0. The third kappa shape index (κ3) is 3.38. The summed E-state index contributed by atoms with van der Waals surface area (Å²) < 4.78 is 2.00. The molecule has 16 heavy (non-hydrogen) atoms. The first-order valence-corrected chi connectivity index (χ1v) is 5.54. The zero-order chi connectivity index (χ0) is 12.1. The van der Waals surface area contributed by atoms with Crippen molar-refractivity contribution in [1.82, 2.24) is 4.90 Å². The number of allylic oxidation sites excluding steroid dienone is 7. The molecule has 0 unspecified atom stereocenters. The number of hydrogen-bond donors (Lipinski definition) is 0. The van der Waals surface area contributed by atoms with Gasteiger partial charge < -0.3 is 4.90 Å². The average molecular weight is 238 g/mol. The predicted octanol–water partition coefficient (Wildman–Crippen LogP) is 2.39. The summed E-state index contributed by atoms with van der Waals surface area (Å²) in [5, 5.41) is 0.759. The fourth-order valence-electron chi connectivity index (χ4n) is 1.33. The minimum atomic E-state index is 0.759. The second kappa shape index (κ2) is 5.71. The maximum atomic E-state index is 6.22. The van der Waals surface area contributed by atoms with Crippen LogP contribution in [-0.4, -0.2) is 43.9 Å². The van der Waals surface area contributed by atoms with Crippen LogP contribution in [-0.2, 0) is 0 Å². The molecule has 0 aromatic carbocycles. The molecule has 0 atom stereocenters. The summed E-state index contributed by atoms with van der Waals surface area (Å²) in [7, 11) is 7.87. The van der Waals surface area contributed by atoms with Gasteiger partial charge >= 0.3 is 0 Å². The normalized spacial score (nSPS) is 17.7. The molecule has 0 amide bonds. The van der Waals surface area contributed by atoms with Crippen LogP contribution < -0.4 is 0 Å². The minimum Gasteiger partial charge on any atom is -0.368 e. The van der Waals surface area contributed by atoms with Crippen molar-refractivity contribution in [2.24, 2.45) is 0 Å². The van der Waals surface area contributed by atoms with Gasteiger partial charge in [-0.15, -0.1) is 0 Å². The van der Waals surface area contributed by atoms with Gasteiger partial charge in [0.2, 0.25) is 0 Å². The Balaban J connectivity index is 2.89. The molecule has 3 heteroatoms. The highest BCUT2D eigenvalue weighted by molar-refractivity contribution is 6.30. The molecule has 1 aliphatic carbocycles. The lowest BCUT2D eigenvalue weighted by atomic mass is 10.1. The van der Waals surface area contributed by atoms with Gasteiger partial charge in [-0.25, -0.2) is 4.58 Å². The quantitative estimate of drug-likeness (QED) is 0.415. The Morgan fingerprint density at radius 3 is 2.62 bits per heavy atom. The van der Waals surface area contributed by atoms with E-state index in [0.717, 1.165) is 16.3 Å². The van der Waals surface area contributed by atoms with Crippen molar-refractivity contribution >= 4 is 17.8 Å². The molecule has 0 N–H and O–H groups in total. The molecule has 0 fully saturated rings. The highest BCUT2D eigenvalue weighted by atomic mass is 35.5. The van der Waals surface area contributed by atoms with Crippen LogP contribution in [0.4, 0.5) is 0 Å². The lowest BCUT2D eigenvalue weighted by Gasteiger charge is -2.13. The Labute approximate surface area is 103 Å². The monoisotopic (exact) mass is 237 g/mol. The van der Waals surface area contributed by atoms with Gasteiger partial charge in [0.25, 0.3) is 0 Å². The van der Waals surface area contributed by atoms with Crippen molar-refractivity contribution in [2.75, 3.05) is 28.2 Å². The molecule has 0 saturated carbocycles. The van der Waals surface area contributed by atoms with E-state index in [9.17, 15) is 0 Å². The van der Waals surface area contributed by atoms with E-state index in [0.29, 0.717) is 0 Å². The molecule has 0 aromatic rings. The first kappa shape index (κ1) is 12.8. The molecule has 0 aliphatic heterocycles. The van der Waals surface area contributed by atoms with E-state index in [1.165, 1.54) is 0 Å². The maximum absolute atomic E-state index is 6.22. The van der Waals surface area contributed by atoms with Crippen LogP contribution in [0.1, 0.15) is 0 Å². The molecule has 0 heterocycles. The van der Waals surface area contributed by atoms with Crippen molar-refractivity contribution < 1.29 is 4.58 Å². The van der Waals surface area contributed by atoms with Gasteiger partial charge in [0.1, 0.15) is 19.3 Å². The van der Waals surface area contributed by atoms with Crippen LogP contribution in [0.15, 0.2) is 46.7 Å². The Kier molecular flexibility index (Phi) is 4.56. The fraction of sp³-hybridized carbons (Fsp3) is 0.308. The summed E-state index contributed by atoms with van der Waals surface area (Å²) in [5.74, 6) is 0. The van der Waals surface area contributed by atoms with Crippen LogP contribution in [0.25, 0.3) is 0 Å². The van der Waals surface area contributed by atoms with Crippen molar-refractivity contribution in [3.05, 3.63) is 46.7 Å². The van der Waals surface area contributed by atoms with Gasteiger partial charge in [-0.05, 0) is 11.6 Å². The van der Waals surface area contributed by atoms with Crippen LogP contribution in [0.3, 0.4) is 0 Å². The highest BCUT2D eigenvalue weighted by Crippen LogP contribution is 2.26. The van der Waals surface area contributed by atoms with Gasteiger partial charge in [0.15, 0.2) is 6.21 Å². The Morgan fingerprint density at radius 1 is 1.38 bits per heavy atom. The number of rotatable bonds is 3. The molecule has 86 valence electrons. The van der Waals surface area contributed by atoms with E-state index in [4.69, 9.17) is 11.6 Å². The topological polar surface area (TPSA) is 6.25 Å². The third-order valence-electron chi connectivity index (χ3n) is 2.12. The van der Waals surface area contributed by atoms with Crippen LogP contribution >= 0.6 is 11.6 Å². The number of hydrogen-bond acceptors (Lipinski definition) is 1. The summed E-state index contributed by atoms with van der Waals surface area (Å²) in [4.78, 5) is 1.91. The van der Waals surface area contributed by atoms with Gasteiger partial charge in [-0.1, -0.05) is 29.8 Å². The van der Waals surface area contributed by atoms with Crippen molar-refractivity contribution in [3.63, 3.8) is 0 Å². The van der Waals surface area contributed by atoms with E-state index in [1.54, 1.807) is 0 Å². The first-order valence-electron chi connectivity index (χ1n) is 5.16. The summed E-state index contributed by atoms with van der Waals surface area (Å²) in [6.45, 7) is 0. The van der Waals surface area contributed by atoms with E-state index in [1.807, 2.05) is 62.1 Å². The lowest BCUT2D eigenvalue weighted by Crippen LogP contribution is -2.08.